The zero-order valence-corrected chi connectivity index (χ0v) is 11.0. The van der Waals surface area contributed by atoms with Gasteiger partial charge in [0.25, 0.3) is 0 Å². The summed E-state index contributed by atoms with van der Waals surface area (Å²) in [5.74, 6) is 0.889. The van der Waals surface area contributed by atoms with Crippen LogP contribution >= 0.6 is 11.6 Å². The van der Waals surface area contributed by atoms with Crippen LogP contribution in [0.5, 0.6) is 5.75 Å². The Hall–Kier alpha value is -0.730. The van der Waals surface area contributed by atoms with Crippen molar-refractivity contribution in [2.75, 3.05) is 6.54 Å². The second kappa shape index (κ2) is 6.12. The van der Waals surface area contributed by atoms with E-state index in [4.69, 9.17) is 22.1 Å². The van der Waals surface area contributed by atoms with Gasteiger partial charge in [0.2, 0.25) is 0 Å². The summed E-state index contributed by atoms with van der Waals surface area (Å²) in [5.41, 5.74) is 7.65. The van der Waals surface area contributed by atoms with Crippen molar-refractivity contribution in [3.8, 4) is 5.75 Å². The summed E-state index contributed by atoms with van der Waals surface area (Å²) < 4.78 is 5.88. The number of hydrogen-bond donors (Lipinski definition) is 1. The Bertz CT molecular complexity index is 329. The molecule has 1 aromatic carbocycles. The Morgan fingerprint density at radius 2 is 1.88 bits per heavy atom. The average Bonchev–Trinajstić information content (AvgIpc) is 2.25. The predicted octanol–water partition coefficient (Wildman–Crippen LogP) is 3.46. The molecule has 0 aromatic heterocycles. The zero-order valence-electron chi connectivity index (χ0n) is 10.2. The molecule has 0 spiro atoms. The maximum Gasteiger partial charge on any atom is 0.120 e. The van der Waals surface area contributed by atoms with Gasteiger partial charge in [0.1, 0.15) is 5.75 Å². The second-order valence-electron chi connectivity index (χ2n) is 4.10. The van der Waals surface area contributed by atoms with Crippen LogP contribution in [0, 0.1) is 13.8 Å². The number of hydrogen-bond acceptors (Lipinski definition) is 2. The van der Waals surface area contributed by atoms with Gasteiger partial charge in [-0.15, -0.1) is 0 Å². The van der Waals surface area contributed by atoms with Gasteiger partial charge in [-0.25, -0.2) is 0 Å². The van der Waals surface area contributed by atoms with E-state index >= 15 is 0 Å². The van der Waals surface area contributed by atoms with Gasteiger partial charge < -0.3 is 10.5 Å². The molecule has 0 fully saturated rings. The van der Waals surface area contributed by atoms with Crippen LogP contribution in [0.1, 0.15) is 30.9 Å². The van der Waals surface area contributed by atoms with E-state index in [1.54, 1.807) is 0 Å². The molecule has 16 heavy (non-hydrogen) atoms. The topological polar surface area (TPSA) is 35.2 Å². The smallest absolute Gasteiger partial charge is 0.120 e. The molecule has 0 radical (unpaired) electrons. The molecular formula is C13H20ClNO. The van der Waals surface area contributed by atoms with Gasteiger partial charge in [-0.2, -0.15) is 0 Å². The molecule has 0 heterocycles. The fourth-order valence-electron chi connectivity index (χ4n) is 1.70. The highest BCUT2D eigenvalue weighted by Gasteiger charge is 2.09. The molecule has 2 nitrogen and oxygen atoms in total. The third kappa shape index (κ3) is 3.39. The molecule has 90 valence electrons. The predicted molar refractivity (Wildman–Crippen MR) is 69.3 cm³/mol. The van der Waals surface area contributed by atoms with Gasteiger partial charge in [-0.05, 0) is 56.5 Å². The van der Waals surface area contributed by atoms with Crippen molar-refractivity contribution < 1.29 is 4.74 Å². The van der Waals surface area contributed by atoms with Crippen LogP contribution in [-0.4, -0.2) is 12.6 Å². The van der Waals surface area contributed by atoms with E-state index in [1.165, 1.54) is 0 Å². The Labute approximate surface area is 103 Å². The zero-order chi connectivity index (χ0) is 12.1. The summed E-state index contributed by atoms with van der Waals surface area (Å²) in [4.78, 5) is 0. The Morgan fingerprint density at radius 1 is 1.31 bits per heavy atom. The molecule has 0 saturated carbocycles. The standard InChI is InChI=1S/C13H20ClNO/c1-4-11(5-6-15)16-12-7-9(2)13(14)10(3)8-12/h7-8,11H,4-6,15H2,1-3H3. The SMILES string of the molecule is CCC(CCN)Oc1cc(C)c(Cl)c(C)c1. The summed E-state index contributed by atoms with van der Waals surface area (Å²) >= 11 is 6.11. The monoisotopic (exact) mass is 241 g/mol. The quantitative estimate of drug-likeness (QED) is 0.857. The van der Waals surface area contributed by atoms with Crippen LogP contribution in [0.3, 0.4) is 0 Å². The highest BCUT2D eigenvalue weighted by molar-refractivity contribution is 6.32. The third-order valence-corrected chi connectivity index (χ3v) is 3.25. The van der Waals surface area contributed by atoms with E-state index in [0.717, 1.165) is 34.7 Å². The number of halogens is 1. The van der Waals surface area contributed by atoms with E-state index in [-0.39, 0.29) is 6.10 Å². The van der Waals surface area contributed by atoms with Crippen LogP contribution in [0.15, 0.2) is 12.1 Å². The Kier molecular flexibility index (Phi) is 5.10. The summed E-state index contributed by atoms with van der Waals surface area (Å²) in [6.45, 7) is 6.75. The summed E-state index contributed by atoms with van der Waals surface area (Å²) in [7, 11) is 0. The van der Waals surface area contributed by atoms with Crippen LogP contribution in [0.4, 0.5) is 0 Å². The molecule has 0 aliphatic carbocycles. The molecule has 0 aliphatic rings. The molecule has 1 atom stereocenters. The fraction of sp³-hybridized carbons (Fsp3) is 0.538. The van der Waals surface area contributed by atoms with Crippen LogP contribution in [-0.2, 0) is 0 Å². The minimum absolute atomic E-state index is 0.199. The van der Waals surface area contributed by atoms with E-state index in [1.807, 2.05) is 26.0 Å². The van der Waals surface area contributed by atoms with Gasteiger partial charge in [0.05, 0.1) is 6.10 Å². The Balaban J connectivity index is 2.80. The lowest BCUT2D eigenvalue weighted by molar-refractivity contribution is 0.189. The van der Waals surface area contributed by atoms with Crippen molar-refractivity contribution in [3.05, 3.63) is 28.3 Å². The highest BCUT2D eigenvalue weighted by atomic mass is 35.5. The number of aryl methyl sites for hydroxylation is 2. The number of benzene rings is 1. The maximum atomic E-state index is 6.11. The average molecular weight is 242 g/mol. The molecule has 0 bridgehead atoms. The number of ether oxygens (including phenoxy) is 1. The van der Waals surface area contributed by atoms with Crippen molar-refractivity contribution in [2.45, 2.75) is 39.7 Å². The second-order valence-corrected chi connectivity index (χ2v) is 4.47. The Morgan fingerprint density at radius 3 is 2.31 bits per heavy atom. The summed E-state index contributed by atoms with van der Waals surface area (Å²) in [6.07, 6.45) is 2.06. The first-order valence-corrected chi connectivity index (χ1v) is 6.09. The molecule has 0 saturated heterocycles. The number of nitrogens with two attached hydrogens (primary N) is 1. The van der Waals surface area contributed by atoms with Crippen molar-refractivity contribution in [1.29, 1.82) is 0 Å². The lowest BCUT2D eigenvalue weighted by Gasteiger charge is -2.18. The molecular weight excluding hydrogens is 222 g/mol. The molecule has 0 amide bonds. The first-order chi connectivity index (χ1) is 7.58. The van der Waals surface area contributed by atoms with Gasteiger partial charge in [0, 0.05) is 5.02 Å². The summed E-state index contributed by atoms with van der Waals surface area (Å²) in [5, 5.41) is 0.819. The molecule has 3 heteroatoms. The third-order valence-electron chi connectivity index (χ3n) is 2.66. The summed E-state index contributed by atoms with van der Waals surface area (Å²) in [6, 6.07) is 3.96. The van der Waals surface area contributed by atoms with E-state index < -0.39 is 0 Å². The molecule has 0 aliphatic heterocycles. The molecule has 1 aromatic rings. The van der Waals surface area contributed by atoms with Gasteiger partial charge >= 0.3 is 0 Å². The number of rotatable bonds is 5. The van der Waals surface area contributed by atoms with Crippen molar-refractivity contribution >= 4 is 11.6 Å². The molecule has 2 N–H and O–H groups in total. The van der Waals surface area contributed by atoms with E-state index in [9.17, 15) is 0 Å². The lowest BCUT2D eigenvalue weighted by atomic mass is 10.1. The normalized spacial score (nSPS) is 12.6. The fourth-order valence-corrected chi connectivity index (χ4v) is 1.81. The van der Waals surface area contributed by atoms with Crippen molar-refractivity contribution in [1.82, 2.24) is 0 Å². The van der Waals surface area contributed by atoms with Crippen molar-refractivity contribution in [2.24, 2.45) is 5.73 Å². The van der Waals surface area contributed by atoms with Crippen molar-refractivity contribution in [3.63, 3.8) is 0 Å². The van der Waals surface area contributed by atoms with Crippen LogP contribution in [0.25, 0.3) is 0 Å². The first-order valence-electron chi connectivity index (χ1n) is 5.72. The highest BCUT2D eigenvalue weighted by Crippen LogP contribution is 2.27. The maximum absolute atomic E-state index is 6.11. The van der Waals surface area contributed by atoms with Gasteiger partial charge in [-0.3, -0.25) is 0 Å². The first kappa shape index (κ1) is 13.3. The van der Waals surface area contributed by atoms with Crippen LogP contribution in [0.2, 0.25) is 5.02 Å². The minimum Gasteiger partial charge on any atom is -0.490 e. The van der Waals surface area contributed by atoms with Gasteiger partial charge in [0.15, 0.2) is 0 Å². The van der Waals surface area contributed by atoms with Crippen LogP contribution < -0.4 is 10.5 Å². The molecule has 1 unspecified atom stereocenters. The van der Waals surface area contributed by atoms with Gasteiger partial charge in [-0.1, -0.05) is 18.5 Å². The minimum atomic E-state index is 0.199. The largest absolute Gasteiger partial charge is 0.490 e. The molecule has 1 rings (SSSR count). The van der Waals surface area contributed by atoms with E-state index in [0.29, 0.717) is 6.54 Å². The van der Waals surface area contributed by atoms with E-state index in [2.05, 4.69) is 6.92 Å². The lowest BCUT2D eigenvalue weighted by Crippen LogP contribution is -2.19.